The lowest BCUT2D eigenvalue weighted by Crippen LogP contribution is -2.52. The van der Waals surface area contributed by atoms with Crippen molar-refractivity contribution in [3.8, 4) is 0 Å². The minimum Gasteiger partial charge on any atom is -0.465 e. The van der Waals surface area contributed by atoms with Gasteiger partial charge in [0.05, 0.1) is 13.2 Å². The van der Waals surface area contributed by atoms with E-state index in [1.165, 1.54) is 4.90 Å². The number of esters is 1. The van der Waals surface area contributed by atoms with Gasteiger partial charge in [0, 0.05) is 32.7 Å². The molecule has 1 heterocycles. The predicted molar refractivity (Wildman–Crippen MR) is 72.8 cm³/mol. The maximum atomic E-state index is 12.3. The molecule has 8 heteroatoms. The highest BCUT2D eigenvalue weighted by Gasteiger charge is 2.33. The molecule has 0 aliphatic carbocycles. The van der Waals surface area contributed by atoms with E-state index in [0.717, 1.165) is 0 Å². The molecule has 1 unspecified atom stereocenters. The summed E-state index contributed by atoms with van der Waals surface area (Å²) >= 11 is 0. The number of carbonyl (C=O) groups excluding carboxylic acids is 1. The second kappa shape index (κ2) is 7.42. The number of alkyl halides is 3. The topological polar surface area (TPSA) is 58.8 Å². The molecule has 0 bridgehead atoms. The van der Waals surface area contributed by atoms with Gasteiger partial charge in [-0.1, -0.05) is 0 Å². The summed E-state index contributed by atoms with van der Waals surface area (Å²) in [4.78, 5) is 15.1. The van der Waals surface area contributed by atoms with Crippen LogP contribution in [0.4, 0.5) is 13.2 Å². The van der Waals surface area contributed by atoms with Gasteiger partial charge in [0.2, 0.25) is 0 Å². The maximum absolute atomic E-state index is 12.3. The first-order chi connectivity index (χ1) is 9.64. The number of ether oxygens (including phenoxy) is 1. The van der Waals surface area contributed by atoms with Crippen LogP contribution in [0.2, 0.25) is 0 Å². The van der Waals surface area contributed by atoms with Crippen LogP contribution in [0, 0.1) is 0 Å². The van der Waals surface area contributed by atoms with Crippen molar-refractivity contribution in [3.05, 3.63) is 0 Å². The van der Waals surface area contributed by atoms with Gasteiger partial charge in [-0.3, -0.25) is 9.69 Å². The van der Waals surface area contributed by atoms with Crippen molar-refractivity contribution in [1.82, 2.24) is 9.80 Å². The summed E-state index contributed by atoms with van der Waals surface area (Å²) in [5, 5.41) is 0. The monoisotopic (exact) mass is 311 g/mol. The molecule has 0 aromatic rings. The maximum Gasteiger partial charge on any atom is 0.401 e. The second-order valence-electron chi connectivity index (χ2n) is 5.62. The van der Waals surface area contributed by atoms with E-state index in [1.807, 2.05) is 4.90 Å². The van der Waals surface area contributed by atoms with E-state index in [1.54, 1.807) is 13.8 Å². The van der Waals surface area contributed by atoms with Gasteiger partial charge in [-0.15, -0.1) is 0 Å². The zero-order valence-corrected chi connectivity index (χ0v) is 12.6. The third-order valence-corrected chi connectivity index (χ3v) is 3.56. The third-order valence-electron chi connectivity index (χ3n) is 3.56. The Hall–Kier alpha value is -0.860. The lowest BCUT2D eigenvalue weighted by Gasteiger charge is -2.36. The normalized spacial score (nSPS) is 21.0. The van der Waals surface area contributed by atoms with Crippen molar-refractivity contribution in [2.24, 2.45) is 5.73 Å². The van der Waals surface area contributed by atoms with Gasteiger partial charge >= 0.3 is 12.1 Å². The van der Waals surface area contributed by atoms with Crippen molar-refractivity contribution >= 4 is 5.97 Å². The van der Waals surface area contributed by atoms with E-state index >= 15 is 0 Å². The molecule has 1 saturated heterocycles. The molecule has 124 valence electrons. The van der Waals surface area contributed by atoms with Crippen molar-refractivity contribution in [1.29, 1.82) is 0 Å². The number of hydrogen-bond donors (Lipinski definition) is 1. The van der Waals surface area contributed by atoms with Crippen molar-refractivity contribution in [3.63, 3.8) is 0 Å². The largest absolute Gasteiger partial charge is 0.465 e. The summed E-state index contributed by atoms with van der Waals surface area (Å²) in [5.41, 5.74) is 4.86. The summed E-state index contributed by atoms with van der Waals surface area (Å²) < 4.78 is 41.7. The Kier molecular flexibility index (Phi) is 6.42. The fourth-order valence-corrected chi connectivity index (χ4v) is 2.21. The highest BCUT2D eigenvalue weighted by molar-refractivity contribution is 5.79. The number of piperazine rings is 1. The van der Waals surface area contributed by atoms with Crippen LogP contribution in [-0.4, -0.2) is 73.4 Å². The van der Waals surface area contributed by atoms with Crippen LogP contribution in [0.1, 0.15) is 20.3 Å². The second-order valence-corrected chi connectivity index (χ2v) is 5.62. The summed E-state index contributed by atoms with van der Waals surface area (Å²) in [6, 6.07) is 0. The van der Waals surface area contributed by atoms with Gasteiger partial charge < -0.3 is 15.4 Å². The van der Waals surface area contributed by atoms with Gasteiger partial charge in [-0.25, -0.2) is 0 Å². The SMILES string of the molecule is CCOC(=O)C(C)(N)CCN1CCN(CC(F)(F)F)CC1. The number of carbonyl (C=O) groups is 1. The van der Waals surface area contributed by atoms with Crippen LogP contribution in [0.3, 0.4) is 0 Å². The molecule has 1 atom stereocenters. The average Bonchev–Trinajstić information content (AvgIpc) is 2.36. The zero-order chi connectivity index (χ0) is 16.1. The van der Waals surface area contributed by atoms with E-state index in [9.17, 15) is 18.0 Å². The molecule has 1 rings (SSSR count). The summed E-state index contributed by atoms with van der Waals surface area (Å²) in [5.74, 6) is -0.444. The minimum atomic E-state index is -4.15. The highest BCUT2D eigenvalue weighted by atomic mass is 19.4. The van der Waals surface area contributed by atoms with Crippen LogP contribution in [-0.2, 0) is 9.53 Å². The average molecular weight is 311 g/mol. The smallest absolute Gasteiger partial charge is 0.401 e. The number of hydrogen-bond acceptors (Lipinski definition) is 5. The first kappa shape index (κ1) is 18.2. The van der Waals surface area contributed by atoms with Crippen molar-refractivity contribution < 1.29 is 22.7 Å². The predicted octanol–water partition coefficient (Wildman–Crippen LogP) is 0.837. The first-order valence-electron chi connectivity index (χ1n) is 7.11. The van der Waals surface area contributed by atoms with E-state index in [4.69, 9.17) is 10.5 Å². The van der Waals surface area contributed by atoms with Crippen LogP contribution < -0.4 is 5.73 Å². The van der Waals surface area contributed by atoms with Crippen LogP contribution >= 0.6 is 0 Å². The molecule has 0 saturated carbocycles. The first-order valence-corrected chi connectivity index (χ1v) is 7.11. The Morgan fingerprint density at radius 2 is 1.71 bits per heavy atom. The van der Waals surface area contributed by atoms with Gasteiger partial charge in [0.1, 0.15) is 5.54 Å². The van der Waals surface area contributed by atoms with Gasteiger partial charge in [-0.2, -0.15) is 13.2 Å². The molecule has 0 radical (unpaired) electrons. The van der Waals surface area contributed by atoms with Gasteiger partial charge in [0.25, 0.3) is 0 Å². The molecule has 0 spiro atoms. The fraction of sp³-hybridized carbons (Fsp3) is 0.923. The quantitative estimate of drug-likeness (QED) is 0.737. The molecule has 1 fully saturated rings. The molecular formula is C13H24F3N3O2. The van der Waals surface area contributed by atoms with E-state index in [2.05, 4.69) is 0 Å². The summed E-state index contributed by atoms with van der Waals surface area (Å²) in [6.07, 6.45) is -3.73. The molecule has 0 amide bonds. The van der Waals surface area contributed by atoms with Gasteiger partial charge in [-0.05, 0) is 20.3 Å². The Bertz CT molecular complexity index is 340. The van der Waals surface area contributed by atoms with Crippen molar-refractivity contribution in [2.45, 2.75) is 32.0 Å². The van der Waals surface area contributed by atoms with Crippen LogP contribution in [0.5, 0.6) is 0 Å². The van der Waals surface area contributed by atoms with Crippen molar-refractivity contribution in [2.75, 3.05) is 45.9 Å². The molecule has 21 heavy (non-hydrogen) atoms. The van der Waals surface area contributed by atoms with E-state index in [-0.39, 0.29) is 6.61 Å². The molecule has 0 aromatic heterocycles. The molecule has 2 N–H and O–H groups in total. The number of nitrogens with zero attached hydrogens (tertiary/aromatic N) is 2. The van der Waals surface area contributed by atoms with Crippen LogP contribution in [0.15, 0.2) is 0 Å². The summed E-state index contributed by atoms with van der Waals surface area (Å²) in [7, 11) is 0. The Morgan fingerprint density at radius 3 is 2.19 bits per heavy atom. The summed E-state index contributed by atoms with van der Waals surface area (Å²) in [6.45, 7) is 5.18. The molecule has 1 aliphatic rings. The van der Waals surface area contributed by atoms with E-state index in [0.29, 0.717) is 39.1 Å². The number of nitrogens with two attached hydrogens (primary N) is 1. The fourth-order valence-electron chi connectivity index (χ4n) is 2.21. The third kappa shape index (κ3) is 6.62. The molecule has 1 aliphatic heterocycles. The standard InChI is InChI=1S/C13H24F3N3O2/c1-3-21-11(20)12(2,17)4-5-18-6-8-19(9-7-18)10-13(14,15)16/h3-10,17H2,1-2H3. The lowest BCUT2D eigenvalue weighted by atomic mass is 9.99. The molecular weight excluding hydrogens is 287 g/mol. The number of rotatable bonds is 6. The Balaban J connectivity index is 2.31. The zero-order valence-electron chi connectivity index (χ0n) is 12.6. The molecule has 5 nitrogen and oxygen atoms in total. The Labute approximate surface area is 123 Å². The molecule has 0 aromatic carbocycles. The highest BCUT2D eigenvalue weighted by Crippen LogP contribution is 2.18. The van der Waals surface area contributed by atoms with Crippen LogP contribution in [0.25, 0.3) is 0 Å². The Morgan fingerprint density at radius 1 is 1.19 bits per heavy atom. The lowest BCUT2D eigenvalue weighted by molar-refractivity contribution is -0.151. The van der Waals surface area contributed by atoms with E-state index < -0.39 is 24.2 Å². The van der Waals surface area contributed by atoms with Gasteiger partial charge in [0.15, 0.2) is 0 Å². The minimum absolute atomic E-state index is 0.280. The number of halogens is 3.